The van der Waals surface area contributed by atoms with Crippen molar-refractivity contribution in [3.8, 4) is 0 Å². The third-order valence-corrected chi connectivity index (χ3v) is 5.11. The van der Waals surface area contributed by atoms with E-state index in [1.54, 1.807) is 12.3 Å². The second kappa shape index (κ2) is 11.2. The van der Waals surface area contributed by atoms with E-state index in [2.05, 4.69) is 25.6 Å². The predicted molar refractivity (Wildman–Crippen MR) is 120 cm³/mol. The summed E-state index contributed by atoms with van der Waals surface area (Å²) in [5, 5.41) is 6.30. The Balaban J connectivity index is 0.00000160. The number of halogens is 3. The van der Waals surface area contributed by atoms with E-state index >= 15 is 0 Å². The highest BCUT2D eigenvalue weighted by molar-refractivity contribution is 5.94. The van der Waals surface area contributed by atoms with Crippen molar-refractivity contribution >= 4 is 41.8 Å². The summed E-state index contributed by atoms with van der Waals surface area (Å²) in [7, 11) is 0. The molecule has 9 heteroatoms. The van der Waals surface area contributed by atoms with Crippen molar-refractivity contribution in [2.45, 2.75) is 25.7 Å². The van der Waals surface area contributed by atoms with Crippen molar-refractivity contribution in [2.75, 3.05) is 19.6 Å². The summed E-state index contributed by atoms with van der Waals surface area (Å²) < 4.78 is 13.2. The molecular weight excluding hydrogens is 428 g/mol. The van der Waals surface area contributed by atoms with Gasteiger partial charge in [0, 0.05) is 25.4 Å². The van der Waals surface area contributed by atoms with E-state index in [0.717, 1.165) is 42.8 Å². The van der Waals surface area contributed by atoms with Gasteiger partial charge in [0.25, 0.3) is 5.91 Å². The third kappa shape index (κ3) is 6.14. The highest BCUT2D eigenvalue weighted by atomic mass is 35.5. The van der Waals surface area contributed by atoms with E-state index in [0.29, 0.717) is 30.0 Å². The van der Waals surface area contributed by atoms with Crippen LogP contribution in [0.1, 0.15) is 34.6 Å². The molecule has 1 fully saturated rings. The molecule has 0 bridgehead atoms. The van der Waals surface area contributed by atoms with E-state index in [4.69, 9.17) is 0 Å². The van der Waals surface area contributed by atoms with Crippen molar-refractivity contribution in [3.05, 3.63) is 59.4 Å². The second-order valence-electron chi connectivity index (χ2n) is 7.35. The van der Waals surface area contributed by atoms with Crippen LogP contribution in [0.5, 0.6) is 0 Å². The van der Waals surface area contributed by atoms with E-state index in [-0.39, 0.29) is 36.5 Å². The molecule has 0 aliphatic carbocycles. The zero-order valence-electron chi connectivity index (χ0n) is 16.5. The summed E-state index contributed by atoms with van der Waals surface area (Å²) in [6, 6.07) is 6.44. The van der Waals surface area contributed by atoms with Gasteiger partial charge in [0.15, 0.2) is 0 Å². The van der Waals surface area contributed by atoms with Crippen LogP contribution in [-0.4, -0.2) is 40.5 Å². The molecule has 0 radical (unpaired) electrons. The van der Waals surface area contributed by atoms with Gasteiger partial charge >= 0.3 is 0 Å². The zero-order chi connectivity index (χ0) is 19.3. The van der Waals surface area contributed by atoms with Crippen molar-refractivity contribution in [1.82, 2.24) is 25.6 Å². The van der Waals surface area contributed by atoms with Gasteiger partial charge in [-0.2, -0.15) is 0 Å². The maximum atomic E-state index is 13.2. The van der Waals surface area contributed by atoms with Crippen LogP contribution in [0.3, 0.4) is 0 Å². The molecule has 1 saturated heterocycles. The topological polar surface area (TPSA) is 82.7 Å². The first kappa shape index (κ1) is 24.1. The second-order valence-corrected chi connectivity index (χ2v) is 7.35. The number of imidazole rings is 1. The lowest BCUT2D eigenvalue weighted by Crippen LogP contribution is -2.25. The van der Waals surface area contributed by atoms with Gasteiger partial charge in [-0.3, -0.25) is 9.78 Å². The van der Waals surface area contributed by atoms with Crippen molar-refractivity contribution < 1.29 is 9.18 Å². The average Bonchev–Trinajstić information content (AvgIpc) is 3.34. The number of hydrogen-bond acceptors (Lipinski definition) is 4. The fourth-order valence-corrected chi connectivity index (χ4v) is 3.66. The Labute approximate surface area is 187 Å². The summed E-state index contributed by atoms with van der Waals surface area (Å²) >= 11 is 0. The van der Waals surface area contributed by atoms with Crippen molar-refractivity contribution in [1.29, 1.82) is 0 Å². The van der Waals surface area contributed by atoms with Crippen LogP contribution in [0, 0.1) is 11.7 Å². The van der Waals surface area contributed by atoms with E-state index in [9.17, 15) is 9.18 Å². The summed E-state index contributed by atoms with van der Waals surface area (Å²) in [5.41, 5.74) is 3.15. The number of nitrogens with one attached hydrogen (secondary N) is 3. The van der Waals surface area contributed by atoms with Crippen LogP contribution in [0.15, 0.2) is 36.7 Å². The molecule has 30 heavy (non-hydrogen) atoms. The molecule has 2 aromatic heterocycles. The number of aryl methyl sites for hydroxylation is 1. The van der Waals surface area contributed by atoms with Crippen LogP contribution in [0.25, 0.3) is 11.0 Å². The smallest absolute Gasteiger partial charge is 0.252 e. The minimum Gasteiger partial charge on any atom is -0.352 e. The third-order valence-electron chi connectivity index (χ3n) is 5.11. The van der Waals surface area contributed by atoms with E-state index in [1.807, 2.05) is 12.3 Å². The van der Waals surface area contributed by atoms with E-state index in [1.165, 1.54) is 18.6 Å². The van der Waals surface area contributed by atoms with E-state index < -0.39 is 0 Å². The van der Waals surface area contributed by atoms with Gasteiger partial charge in [-0.1, -0.05) is 0 Å². The number of amides is 1. The number of nitrogens with zero attached hydrogens (tertiary/aromatic N) is 2. The summed E-state index contributed by atoms with van der Waals surface area (Å²) in [6.07, 6.45) is 7.01. The van der Waals surface area contributed by atoms with Gasteiger partial charge in [-0.15, -0.1) is 24.8 Å². The molecule has 1 unspecified atom stereocenters. The number of aromatic amines is 1. The quantitative estimate of drug-likeness (QED) is 0.478. The number of H-pyrrole nitrogens is 1. The number of pyridine rings is 1. The largest absolute Gasteiger partial charge is 0.352 e. The lowest BCUT2D eigenvalue weighted by atomic mass is 9.99. The highest BCUT2D eigenvalue weighted by Gasteiger charge is 2.16. The molecule has 0 spiro atoms. The Kier molecular flexibility index (Phi) is 9.02. The molecule has 3 aromatic rings. The number of carbonyl (C=O) groups excluding carboxylic acids is 1. The summed E-state index contributed by atoms with van der Waals surface area (Å²) in [5.74, 6) is 1.03. The molecule has 1 aliphatic rings. The number of aromatic nitrogens is 3. The molecule has 4 rings (SSSR count). The van der Waals surface area contributed by atoms with Crippen LogP contribution >= 0.6 is 24.8 Å². The summed E-state index contributed by atoms with van der Waals surface area (Å²) in [4.78, 5) is 24.2. The van der Waals surface area contributed by atoms with Gasteiger partial charge in [0.05, 0.1) is 16.6 Å². The number of hydrogen-bond donors (Lipinski definition) is 3. The van der Waals surface area contributed by atoms with Crippen LogP contribution in [0.4, 0.5) is 4.39 Å². The first-order chi connectivity index (χ1) is 13.7. The maximum Gasteiger partial charge on any atom is 0.252 e. The molecule has 0 saturated carbocycles. The minimum atomic E-state index is -0.282. The lowest BCUT2D eigenvalue weighted by Gasteiger charge is -2.09. The molecule has 1 amide bonds. The monoisotopic (exact) mass is 453 g/mol. The minimum absolute atomic E-state index is 0. The van der Waals surface area contributed by atoms with Gasteiger partial charge in [0.2, 0.25) is 0 Å². The zero-order valence-corrected chi connectivity index (χ0v) is 18.1. The molecular formula is C21H26Cl2FN5O. The Morgan fingerprint density at radius 2 is 2.10 bits per heavy atom. The van der Waals surface area contributed by atoms with Gasteiger partial charge in [0.1, 0.15) is 11.6 Å². The van der Waals surface area contributed by atoms with Crippen LogP contribution < -0.4 is 10.6 Å². The predicted octanol–water partition coefficient (Wildman–Crippen LogP) is 3.46. The molecule has 1 atom stereocenters. The van der Waals surface area contributed by atoms with Crippen molar-refractivity contribution in [3.63, 3.8) is 0 Å². The Hall–Kier alpha value is -2.22. The highest BCUT2D eigenvalue weighted by Crippen LogP contribution is 2.16. The molecule has 3 heterocycles. The Morgan fingerprint density at radius 3 is 2.90 bits per heavy atom. The van der Waals surface area contributed by atoms with Crippen LogP contribution in [0.2, 0.25) is 0 Å². The fourth-order valence-electron chi connectivity index (χ4n) is 3.66. The molecule has 1 aliphatic heterocycles. The van der Waals surface area contributed by atoms with Gasteiger partial charge < -0.3 is 15.6 Å². The first-order valence-electron chi connectivity index (χ1n) is 9.74. The standard InChI is InChI=1S/C21H24FN5O.2ClH/c22-17-3-4-18-19(10-17)27-20(26-18)2-1-6-25-21(28)16-9-15(12-24-13-16)8-14-5-7-23-11-14;;/h3-4,9-10,12-14,23H,1-2,5-8,11H2,(H,25,28)(H,26,27);2*1H. The molecule has 1 aromatic carbocycles. The first-order valence-corrected chi connectivity index (χ1v) is 9.74. The molecule has 6 nitrogen and oxygen atoms in total. The number of fused-ring (bicyclic) bond motifs is 1. The maximum absolute atomic E-state index is 13.2. The normalized spacial score (nSPS) is 15.4. The van der Waals surface area contributed by atoms with Crippen LogP contribution in [-0.2, 0) is 12.8 Å². The molecule has 3 N–H and O–H groups in total. The van der Waals surface area contributed by atoms with Gasteiger partial charge in [-0.25, -0.2) is 9.37 Å². The summed E-state index contributed by atoms with van der Waals surface area (Å²) in [6.45, 7) is 2.64. The number of benzene rings is 1. The fraction of sp³-hybridized carbons (Fsp3) is 0.381. The van der Waals surface area contributed by atoms with Crippen molar-refractivity contribution in [2.24, 2.45) is 5.92 Å². The Morgan fingerprint density at radius 1 is 1.23 bits per heavy atom. The lowest BCUT2D eigenvalue weighted by molar-refractivity contribution is 0.0952. The average molecular weight is 454 g/mol. The Bertz CT molecular complexity index is 975. The number of rotatable bonds is 7. The number of carbonyl (C=O) groups is 1. The molecule has 162 valence electrons. The SMILES string of the molecule is Cl.Cl.O=C(NCCCc1nc2ccc(F)cc2[nH]1)c1cncc(CC2CCNC2)c1. The van der Waals surface area contributed by atoms with Gasteiger partial charge in [-0.05, 0) is 68.1 Å².